The molecule has 0 unspecified atom stereocenters. The minimum Gasteiger partial charge on any atom is -0.346 e. The number of carbonyl (C=O) groups is 1. The number of benzene rings is 2. The maximum Gasteiger partial charge on any atom is 0.263 e. The second kappa shape index (κ2) is 8.00. The number of rotatable bonds is 5. The maximum absolute atomic E-state index is 13.1. The Hall–Kier alpha value is -2.90. The Bertz CT molecular complexity index is 1100. The van der Waals surface area contributed by atoms with Gasteiger partial charge in [0.2, 0.25) is 0 Å². The first-order valence-corrected chi connectivity index (χ1v) is 10.3. The number of hydrogen-bond donors (Lipinski definition) is 1. The second-order valence-electron chi connectivity index (χ2n) is 6.13. The normalized spacial score (nSPS) is 10.8. The van der Waals surface area contributed by atoms with Crippen LogP contribution in [0.5, 0.6) is 0 Å². The molecule has 4 nitrogen and oxygen atoms in total. The Morgan fingerprint density at radius 2 is 1.71 bits per heavy atom. The lowest BCUT2D eigenvalue weighted by Crippen LogP contribution is -2.22. The molecule has 140 valence electrons. The highest BCUT2D eigenvalue weighted by atomic mass is 32.1. The van der Waals surface area contributed by atoms with Crippen molar-refractivity contribution >= 4 is 28.6 Å². The van der Waals surface area contributed by atoms with Gasteiger partial charge in [0.15, 0.2) is 0 Å². The van der Waals surface area contributed by atoms with Gasteiger partial charge in [-0.3, -0.25) is 4.79 Å². The zero-order chi connectivity index (χ0) is 19.5. The summed E-state index contributed by atoms with van der Waals surface area (Å²) in [5.74, 6) is -0.481. The molecular formula is C21H16FN3OS2. The third-order valence-corrected chi connectivity index (χ3v) is 6.24. The van der Waals surface area contributed by atoms with E-state index in [1.54, 1.807) is 30.4 Å². The van der Waals surface area contributed by atoms with Gasteiger partial charge in [-0.05, 0) is 31.2 Å². The molecule has 2 heterocycles. The molecule has 0 aliphatic rings. The summed E-state index contributed by atoms with van der Waals surface area (Å²) in [6, 6.07) is 16.0. The van der Waals surface area contributed by atoms with Gasteiger partial charge < -0.3 is 5.32 Å². The zero-order valence-corrected chi connectivity index (χ0v) is 16.6. The van der Waals surface area contributed by atoms with Crippen LogP contribution in [0.2, 0.25) is 0 Å². The average Bonchev–Trinajstić information content (AvgIpc) is 3.34. The Morgan fingerprint density at radius 1 is 1.00 bits per heavy atom. The maximum atomic E-state index is 13.1. The van der Waals surface area contributed by atoms with Gasteiger partial charge >= 0.3 is 0 Å². The summed E-state index contributed by atoms with van der Waals surface area (Å²) in [6.07, 6.45) is 0. The van der Waals surface area contributed by atoms with Crippen molar-refractivity contribution in [2.75, 3.05) is 0 Å². The van der Waals surface area contributed by atoms with Gasteiger partial charge in [0, 0.05) is 16.5 Å². The predicted molar refractivity (Wildman–Crippen MR) is 111 cm³/mol. The number of aryl methyl sites for hydroxylation is 1. The fraction of sp³-hybridized carbons (Fsp3) is 0.0952. The highest BCUT2D eigenvalue weighted by molar-refractivity contribution is 7.17. The molecule has 0 aliphatic carbocycles. The van der Waals surface area contributed by atoms with Gasteiger partial charge in [0.1, 0.15) is 20.7 Å². The van der Waals surface area contributed by atoms with Crippen LogP contribution >= 0.6 is 22.7 Å². The number of aromatic nitrogens is 2. The molecule has 7 heteroatoms. The van der Waals surface area contributed by atoms with Crippen LogP contribution in [0.25, 0.3) is 21.1 Å². The molecule has 1 amide bonds. The topological polar surface area (TPSA) is 54.9 Å². The van der Waals surface area contributed by atoms with Crippen molar-refractivity contribution in [1.82, 2.24) is 15.3 Å². The molecule has 0 radical (unpaired) electrons. The van der Waals surface area contributed by atoms with E-state index in [2.05, 4.69) is 15.3 Å². The number of hydrogen-bond acceptors (Lipinski definition) is 5. The van der Waals surface area contributed by atoms with E-state index in [1.807, 2.05) is 35.7 Å². The lowest BCUT2D eigenvalue weighted by Gasteiger charge is -2.01. The van der Waals surface area contributed by atoms with Gasteiger partial charge in [0.05, 0.1) is 17.9 Å². The Kier molecular flexibility index (Phi) is 5.27. The lowest BCUT2D eigenvalue weighted by molar-refractivity contribution is 0.0953. The van der Waals surface area contributed by atoms with E-state index in [4.69, 9.17) is 0 Å². The minimum absolute atomic E-state index is 0.183. The molecule has 1 N–H and O–H groups in total. The SMILES string of the molecule is Cc1nc(-c2ccc(F)cc2)sc1C(=O)NCc1csc(-c2ccccc2)n1. The fourth-order valence-electron chi connectivity index (χ4n) is 2.68. The molecule has 2 aromatic carbocycles. The van der Waals surface area contributed by atoms with E-state index >= 15 is 0 Å². The van der Waals surface area contributed by atoms with E-state index in [0.717, 1.165) is 21.8 Å². The van der Waals surface area contributed by atoms with Crippen LogP contribution in [0.3, 0.4) is 0 Å². The van der Waals surface area contributed by atoms with Gasteiger partial charge in [-0.2, -0.15) is 0 Å². The van der Waals surface area contributed by atoms with Gasteiger partial charge in [-0.15, -0.1) is 22.7 Å². The van der Waals surface area contributed by atoms with E-state index in [0.29, 0.717) is 22.1 Å². The quantitative estimate of drug-likeness (QED) is 0.486. The molecule has 0 aliphatic heterocycles. The molecule has 0 bridgehead atoms. The lowest BCUT2D eigenvalue weighted by atomic mass is 10.2. The molecule has 4 aromatic rings. The van der Waals surface area contributed by atoms with Crippen LogP contribution in [-0.2, 0) is 6.54 Å². The van der Waals surface area contributed by atoms with Crippen molar-refractivity contribution in [2.45, 2.75) is 13.5 Å². The molecular weight excluding hydrogens is 393 g/mol. The molecule has 28 heavy (non-hydrogen) atoms. The first-order chi connectivity index (χ1) is 13.6. The zero-order valence-electron chi connectivity index (χ0n) is 15.0. The summed E-state index contributed by atoms with van der Waals surface area (Å²) in [5.41, 5.74) is 3.33. The smallest absolute Gasteiger partial charge is 0.263 e. The Morgan fingerprint density at radius 3 is 2.46 bits per heavy atom. The monoisotopic (exact) mass is 409 g/mol. The van der Waals surface area contributed by atoms with Crippen molar-refractivity contribution in [1.29, 1.82) is 0 Å². The molecule has 4 rings (SSSR count). The van der Waals surface area contributed by atoms with Crippen LogP contribution in [0.4, 0.5) is 4.39 Å². The van der Waals surface area contributed by atoms with Crippen LogP contribution in [-0.4, -0.2) is 15.9 Å². The van der Waals surface area contributed by atoms with Crippen molar-refractivity contribution in [3.05, 3.63) is 82.1 Å². The van der Waals surface area contributed by atoms with Crippen LogP contribution in [0.1, 0.15) is 21.1 Å². The summed E-state index contributed by atoms with van der Waals surface area (Å²) in [7, 11) is 0. The fourth-order valence-corrected chi connectivity index (χ4v) is 4.49. The third-order valence-electron chi connectivity index (χ3n) is 4.10. The van der Waals surface area contributed by atoms with Crippen LogP contribution in [0, 0.1) is 12.7 Å². The summed E-state index contributed by atoms with van der Waals surface area (Å²) in [5, 5.41) is 6.49. The van der Waals surface area contributed by atoms with Gasteiger partial charge in [0.25, 0.3) is 5.91 Å². The first kappa shape index (κ1) is 18.5. The number of halogens is 1. The third kappa shape index (κ3) is 4.00. The standard InChI is InChI=1S/C21H16FN3OS2/c1-13-18(28-21(24-13)15-7-9-16(22)10-8-15)19(26)23-11-17-12-27-20(25-17)14-5-3-2-4-6-14/h2-10,12H,11H2,1H3,(H,23,26). The first-order valence-electron chi connectivity index (χ1n) is 8.61. The number of carbonyl (C=O) groups excluding carboxylic acids is 1. The van der Waals surface area contributed by atoms with Crippen LogP contribution < -0.4 is 5.32 Å². The van der Waals surface area contributed by atoms with Crippen molar-refractivity contribution in [3.63, 3.8) is 0 Å². The molecule has 0 saturated heterocycles. The Balaban J connectivity index is 1.44. The molecule has 0 spiro atoms. The summed E-state index contributed by atoms with van der Waals surface area (Å²) in [4.78, 5) is 22.2. The summed E-state index contributed by atoms with van der Waals surface area (Å²) in [6.45, 7) is 2.15. The van der Waals surface area contributed by atoms with E-state index in [9.17, 15) is 9.18 Å². The van der Waals surface area contributed by atoms with E-state index in [1.165, 1.54) is 23.5 Å². The highest BCUT2D eigenvalue weighted by Crippen LogP contribution is 2.28. The minimum atomic E-state index is -0.298. The number of thiazole rings is 2. The Labute approximate surface area is 169 Å². The van der Waals surface area contributed by atoms with Crippen LogP contribution in [0.15, 0.2) is 60.0 Å². The number of nitrogens with zero attached hydrogens (tertiary/aromatic N) is 2. The highest BCUT2D eigenvalue weighted by Gasteiger charge is 2.16. The molecule has 0 atom stereocenters. The molecule has 2 aromatic heterocycles. The van der Waals surface area contributed by atoms with Gasteiger partial charge in [-0.1, -0.05) is 30.3 Å². The van der Waals surface area contributed by atoms with Crippen molar-refractivity contribution < 1.29 is 9.18 Å². The summed E-state index contributed by atoms with van der Waals surface area (Å²) < 4.78 is 13.1. The summed E-state index contributed by atoms with van der Waals surface area (Å²) >= 11 is 2.85. The number of nitrogens with one attached hydrogen (secondary N) is 1. The predicted octanol–water partition coefficient (Wildman–Crippen LogP) is 5.31. The second-order valence-corrected chi connectivity index (χ2v) is 7.99. The van der Waals surface area contributed by atoms with E-state index in [-0.39, 0.29) is 11.7 Å². The van der Waals surface area contributed by atoms with Crippen molar-refractivity contribution in [2.24, 2.45) is 0 Å². The van der Waals surface area contributed by atoms with E-state index < -0.39 is 0 Å². The average molecular weight is 410 g/mol. The van der Waals surface area contributed by atoms with Crippen molar-refractivity contribution in [3.8, 4) is 21.1 Å². The van der Waals surface area contributed by atoms with Gasteiger partial charge in [-0.25, -0.2) is 14.4 Å². The molecule has 0 saturated carbocycles. The largest absolute Gasteiger partial charge is 0.346 e. The number of amides is 1. The molecule has 0 fully saturated rings.